The Morgan fingerprint density at radius 1 is 1.55 bits per heavy atom. The summed E-state index contributed by atoms with van der Waals surface area (Å²) in [6.45, 7) is 0. The third-order valence-corrected chi connectivity index (χ3v) is 5.65. The minimum absolute atomic E-state index is 0.0903. The molecule has 1 saturated heterocycles. The van der Waals surface area contributed by atoms with Gasteiger partial charge in [0, 0.05) is 11.1 Å². The lowest BCUT2D eigenvalue weighted by Gasteiger charge is -2.48. The molecule has 2 amide bonds. The number of hydrogen-bond donors (Lipinski definition) is 2. The van der Waals surface area contributed by atoms with E-state index in [1.54, 1.807) is 10.9 Å². The summed E-state index contributed by atoms with van der Waals surface area (Å²) in [5.74, 6) is -1.71. The van der Waals surface area contributed by atoms with Crippen LogP contribution in [0.25, 0.3) is 0 Å². The topological polar surface area (TPSA) is 99.6 Å². The molecule has 0 unspecified atom stereocenters. The highest BCUT2D eigenvalue weighted by Crippen LogP contribution is 2.41. The van der Waals surface area contributed by atoms with Crippen molar-refractivity contribution in [2.45, 2.75) is 17.8 Å². The van der Waals surface area contributed by atoms with Crippen molar-refractivity contribution in [2.24, 2.45) is 0 Å². The predicted octanol–water partition coefficient (Wildman–Crippen LogP) is 0.620. The van der Waals surface area contributed by atoms with Gasteiger partial charge in [0.05, 0.1) is 22.7 Å². The second-order valence-corrected chi connectivity index (χ2v) is 6.95. The number of carboxylic acid groups (broad SMARTS) is 1. The van der Waals surface area contributed by atoms with Crippen LogP contribution >= 0.6 is 34.7 Å². The lowest BCUT2D eigenvalue weighted by Crippen LogP contribution is -2.70. The van der Waals surface area contributed by atoms with Crippen molar-refractivity contribution >= 4 is 52.5 Å². The summed E-state index contributed by atoms with van der Waals surface area (Å²) in [5, 5.41) is 13.2. The van der Waals surface area contributed by atoms with Gasteiger partial charge in [-0.3, -0.25) is 14.5 Å². The molecule has 10 heteroatoms. The molecular formula is C12H10ClN3O4S2. The highest BCUT2D eigenvalue weighted by atomic mass is 35.5. The molecule has 1 aromatic rings. The molecule has 3 rings (SSSR count). The van der Waals surface area contributed by atoms with Gasteiger partial charge in [-0.2, -0.15) is 0 Å². The van der Waals surface area contributed by atoms with Gasteiger partial charge < -0.3 is 10.4 Å². The Balaban J connectivity index is 1.68. The van der Waals surface area contributed by atoms with Crippen LogP contribution in [0.1, 0.15) is 5.69 Å². The number of nitrogens with one attached hydrogen (secondary N) is 1. The van der Waals surface area contributed by atoms with Crippen LogP contribution in [0.2, 0.25) is 0 Å². The number of thioether (sulfide) groups is 1. The quantitative estimate of drug-likeness (QED) is 0.764. The van der Waals surface area contributed by atoms with E-state index in [2.05, 4.69) is 10.3 Å². The number of thiazole rings is 1. The van der Waals surface area contributed by atoms with Crippen LogP contribution < -0.4 is 5.32 Å². The molecule has 2 aliphatic rings. The maximum absolute atomic E-state index is 12.1. The summed E-state index contributed by atoms with van der Waals surface area (Å²) in [4.78, 5) is 40.4. The number of carboxylic acids is 1. The molecule has 2 atom stereocenters. The average Bonchev–Trinajstić information content (AvgIpc) is 2.97. The van der Waals surface area contributed by atoms with E-state index >= 15 is 0 Å². The Hall–Kier alpha value is -1.58. The SMILES string of the molecule is O=C(Cc1cscn1)N[C@@H]1C(=O)N2C(C(=O)O)=C(Cl)CS[C@@H]12. The van der Waals surface area contributed by atoms with Crippen LogP contribution in [0.5, 0.6) is 0 Å². The van der Waals surface area contributed by atoms with Crippen LogP contribution in [0.3, 0.4) is 0 Å². The molecule has 3 heterocycles. The van der Waals surface area contributed by atoms with Crippen molar-refractivity contribution in [1.29, 1.82) is 0 Å². The van der Waals surface area contributed by atoms with E-state index in [1.165, 1.54) is 23.1 Å². The first kappa shape index (κ1) is 15.3. The second kappa shape index (κ2) is 5.90. The highest BCUT2D eigenvalue weighted by molar-refractivity contribution is 8.00. The highest BCUT2D eigenvalue weighted by Gasteiger charge is 2.54. The van der Waals surface area contributed by atoms with Crippen LogP contribution in [0.15, 0.2) is 21.6 Å². The molecule has 116 valence electrons. The van der Waals surface area contributed by atoms with Gasteiger partial charge in [-0.25, -0.2) is 9.78 Å². The molecule has 0 saturated carbocycles. The lowest BCUT2D eigenvalue weighted by molar-refractivity contribution is -0.150. The number of rotatable bonds is 4. The molecule has 1 fully saturated rings. The van der Waals surface area contributed by atoms with E-state index in [1.807, 2.05) is 0 Å². The van der Waals surface area contributed by atoms with Crippen LogP contribution in [0, 0.1) is 0 Å². The number of carbonyl (C=O) groups is 3. The van der Waals surface area contributed by atoms with Crippen LogP contribution in [0.4, 0.5) is 0 Å². The van der Waals surface area contributed by atoms with E-state index in [0.29, 0.717) is 11.4 Å². The molecule has 0 radical (unpaired) electrons. The van der Waals surface area contributed by atoms with Gasteiger partial charge in [-0.1, -0.05) is 11.6 Å². The zero-order chi connectivity index (χ0) is 15.9. The zero-order valence-corrected chi connectivity index (χ0v) is 13.4. The maximum Gasteiger partial charge on any atom is 0.353 e. The van der Waals surface area contributed by atoms with Crippen molar-refractivity contribution < 1.29 is 19.5 Å². The smallest absolute Gasteiger partial charge is 0.353 e. The fraction of sp³-hybridized carbons (Fsp3) is 0.333. The molecule has 22 heavy (non-hydrogen) atoms. The summed E-state index contributed by atoms with van der Waals surface area (Å²) in [6.07, 6.45) is 0.0903. The molecule has 0 aliphatic carbocycles. The Labute approximate surface area is 138 Å². The maximum atomic E-state index is 12.1. The first-order chi connectivity index (χ1) is 10.5. The van der Waals surface area contributed by atoms with E-state index in [-0.39, 0.29) is 23.1 Å². The monoisotopic (exact) mass is 359 g/mol. The number of β-lactam (4-membered cyclic amide) rings is 1. The standard InChI is InChI=1S/C12H10ClN3O4S2/c13-6-3-22-11-8(10(18)16(11)9(6)12(19)20)15-7(17)1-5-2-21-4-14-5/h2,4,8,11H,1,3H2,(H,15,17)(H,19,20)/t8-,11+/m1/s1. The van der Waals surface area contributed by atoms with Gasteiger partial charge in [0.15, 0.2) is 0 Å². The van der Waals surface area contributed by atoms with E-state index in [9.17, 15) is 14.4 Å². The summed E-state index contributed by atoms with van der Waals surface area (Å²) < 4.78 is 0. The lowest BCUT2D eigenvalue weighted by atomic mass is 10.0. The van der Waals surface area contributed by atoms with Crippen LogP contribution in [-0.2, 0) is 20.8 Å². The molecule has 2 aliphatic heterocycles. The van der Waals surface area contributed by atoms with Gasteiger partial charge >= 0.3 is 5.97 Å². The van der Waals surface area contributed by atoms with E-state index < -0.39 is 23.3 Å². The molecule has 0 bridgehead atoms. The molecule has 1 aromatic heterocycles. The summed E-state index contributed by atoms with van der Waals surface area (Å²) in [5.41, 5.74) is 2.07. The van der Waals surface area contributed by atoms with Gasteiger partial charge in [0.25, 0.3) is 5.91 Å². The Morgan fingerprint density at radius 3 is 2.95 bits per heavy atom. The number of fused-ring (bicyclic) bond motifs is 1. The number of halogens is 1. The molecule has 0 spiro atoms. The van der Waals surface area contributed by atoms with Crippen molar-refractivity contribution in [2.75, 3.05) is 5.75 Å². The second-order valence-electron chi connectivity index (χ2n) is 4.67. The molecular weight excluding hydrogens is 350 g/mol. The fourth-order valence-corrected chi connectivity index (χ4v) is 4.40. The first-order valence-corrected chi connectivity index (χ1v) is 8.59. The Morgan fingerprint density at radius 2 is 2.32 bits per heavy atom. The average molecular weight is 360 g/mol. The number of aromatic nitrogens is 1. The van der Waals surface area contributed by atoms with Gasteiger partial charge in [0.2, 0.25) is 5.91 Å². The largest absolute Gasteiger partial charge is 0.477 e. The van der Waals surface area contributed by atoms with Gasteiger partial charge in [0.1, 0.15) is 17.1 Å². The van der Waals surface area contributed by atoms with Crippen molar-refractivity contribution in [3.8, 4) is 0 Å². The summed E-state index contributed by atoms with van der Waals surface area (Å²) >= 11 is 8.59. The summed E-state index contributed by atoms with van der Waals surface area (Å²) in [6, 6.07) is -0.727. The van der Waals surface area contributed by atoms with Crippen molar-refractivity contribution in [1.82, 2.24) is 15.2 Å². The Kier molecular flexibility index (Phi) is 4.11. The van der Waals surface area contributed by atoms with Crippen molar-refractivity contribution in [3.63, 3.8) is 0 Å². The predicted molar refractivity (Wildman–Crippen MR) is 81.4 cm³/mol. The number of nitrogens with zero attached hydrogens (tertiary/aromatic N) is 2. The van der Waals surface area contributed by atoms with Gasteiger partial charge in [-0.15, -0.1) is 23.1 Å². The molecule has 0 aromatic carbocycles. The van der Waals surface area contributed by atoms with Crippen molar-refractivity contribution in [3.05, 3.63) is 27.3 Å². The van der Waals surface area contributed by atoms with Crippen LogP contribution in [-0.4, -0.2) is 49.9 Å². The fourth-order valence-electron chi connectivity index (χ4n) is 2.30. The zero-order valence-electron chi connectivity index (χ0n) is 11.0. The number of amides is 2. The minimum Gasteiger partial charge on any atom is -0.477 e. The third-order valence-electron chi connectivity index (χ3n) is 3.27. The molecule has 2 N–H and O–H groups in total. The number of hydrogen-bond acceptors (Lipinski definition) is 6. The minimum atomic E-state index is -1.24. The number of carbonyl (C=O) groups excluding carboxylic acids is 2. The van der Waals surface area contributed by atoms with E-state index in [0.717, 1.165) is 4.90 Å². The van der Waals surface area contributed by atoms with Gasteiger partial charge in [-0.05, 0) is 0 Å². The Bertz CT molecular complexity index is 676. The number of aliphatic carboxylic acids is 1. The first-order valence-electron chi connectivity index (χ1n) is 6.22. The molecule has 7 nitrogen and oxygen atoms in total. The normalized spacial score (nSPS) is 23.9. The third kappa shape index (κ3) is 2.59. The van der Waals surface area contributed by atoms with E-state index in [4.69, 9.17) is 16.7 Å². The summed E-state index contributed by atoms with van der Waals surface area (Å²) in [7, 11) is 0.